The van der Waals surface area contributed by atoms with Gasteiger partial charge in [-0.25, -0.2) is 26.3 Å². The van der Waals surface area contributed by atoms with Gasteiger partial charge in [0.1, 0.15) is 11.0 Å². The van der Waals surface area contributed by atoms with Gasteiger partial charge in [-0.15, -0.1) is 0 Å². The molecule has 0 amide bonds. The van der Waals surface area contributed by atoms with Gasteiger partial charge < -0.3 is 8.83 Å². The molecule has 10 nitrogen and oxygen atoms in total. The highest BCUT2D eigenvalue weighted by atomic mass is 35.5. The van der Waals surface area contributed by atoms with E-state index in [1.54, 1.807) is 36.4 Å². The van der Waals surface area contributed by atoms with Gasteiger partial charge in [0.25, 0.3) is 20.0 Å². The van der Waals surface area contributed by atoms with E-state index in [0.29, 0.717) is 32.2 Å². The van der Waals surface area contributed by atoms with Crippen LogP contribution in [0.4, 0.5) is 12.0 Å². The monoisotopic (exact) mass is 614 g/mol. The van der Waals surface area contributed by atoms with E-state index in [1.165, 1.54) is 48.5 Å². The van der Waals surface area contributed by atoms with Crippen LogP contribution in [0.1, 0.15) is 0 Å². The molecule has 0 aliphatic rings. The molecule has 6 aromatic rings. The average Bonchev–Trinajstić information content (AvgIpc) is 3.49. The van der Waals surface area contributed by atoms with E-state index in [1.807, 2.05) is 0 Å². The topological polar surface area (TPSA) is 144 Å². The molecular formula is C26H16Cl2N4O6S2. The molecule has 4 aromatic carbocycles. The first-order chi connectivity index (χ1) is 19.1. The molecule has 0 aliphatic heterocycles. The third kappa shape index (κ3) is 5.21. The summed E-state index contributed by atoms with van der Waals surface area (Å²) in [6.45, 7) is 0. The molecule has 0 unspecified atom stereocenters. The number of nitrogens with zero attached hydrogens (tertiary/aromatic N) is 2. The van der Waals surface area contributed by atoms with Crippen molar-refractivity contribution in [3.63, 3.8) is 0 Å². The second kappa shape index (κ2) is 9.82. The van der Waals surface area contributed by atoms with Crippen LogP contribution < -0.4 is 9.44 Å². The molecule has 0 fully saturated rings. The Hall–Kier alpha value is -4.10. The minimum absolute atomic E-state index is 0.00929. The molecule has 0 atom stereocenters. The molecule has 0 radical (unpaired) electrons. The van der Waals surface area contributed by atoms with E-state index >= 15 is 0 Å². The van der Waals surface area contributed by atoms with Crippen LogP contribution in [0.25, 0.3) is 33.3 Å². The maximum Gasteiger partial charge on any atom is 0.309 e. The smallest absolute Gasteiger partial charge is 0.309 e. The van der Waals surface area contributed by atoms with Crippen molar-refractivity contribution in [3.8, 4) is 11.1 Å². The number of halogens is 2. The van der Waals surface area contributed by atoms with E-state index in [0.717, 1.165) is 11.1 Å². The molecule has 0 spiro atoms. The Morgan fingerprint density at radius 1 is 0.550 bits per heavy atom. The molecule has 2 heterocycles. The van der Waals surface area contributed by atoms with Gasteiger partial charge in [-0.1, -0.05) is 35.3 Å². The minimum atomic E-state index is -3.93. The number of benzene rings is 4. The maximum absolute atomic E-state index is 12.7. The molecule has 0 bridgehead atoms. The first-order valence-electron chi connectivity index (χ1n) is 11.4. The molecule has 0 saturated carbocycles. The lowest BCUT2D eigenvalue weighted by molar-refractivity contribution is 0.589. The molecule has 40 heavy (non-hydrogen) atoms. The fourth-order valence-corrected chi connectivity index (χ4v) is 5.98. The number of oxazole rings is 2. The maximum atomic E-state index is 12.7. The summed E-state index contributed by atoms with van der Waals surface area (Å²) in [6, 6.07) is 21.3. The zero-order valence-electron chi connectivity index (χ0n) is 20.0. The molecule has 0 saturated heterocycles. The minimum Gasteiger partial charge on any atom is -0.423 e. The Labute approximate surface area is 237 Å². The molecular weight excluding hydrogens is 599 g/mol. The standard InChI is InChI=1S/C26H16Cl2N4O6S2/c27-17-3-7-19(8-4-17)39(33,34)31-25-29-21-11-1-15(13-23(21)37-25)16-2-12-22-24(14-16)38-26(30-22)32-40(35,36)20-9-5-18(28)6-10-20/h1-14H,(H,29,31)(H,30,32). The van der Waals surface area contributed by atoms with Crippen LogP contribution in [0.15, 0.2) is 104 Å². The van der Waals surface area contributed by atoms with Crippen molar-refractivity contribution >= 4 is 77.5 Å². The van der Waals surface area contributed by atoms with Gasteiger partial charge in [0.15, 0.2) is 11.2 Å². The number of fused-ring (bicyclic) bond motifs is 2. The van der Waals surface area contributed by atoms with Crippen molar-refractivity contribution in [2.24, 2.45) is 0 Å². The molecule has 6 rings (SSSR count). The van der Waals surface area contributed by atoms with Crippen molar-refractivity contribution in [3.05, 3.63) is 95.0 Å². The second-order valence-electron chi connectivity index (χ2n) is 8.52. The van der Waals surface area contributed by atoms with Crippen molar-refractivity contribution in [2.75, 3.05) is 9.44 Å². The van der Waals surface area contributed by atoms with Gasteiger partial charge >= 0.3 is 12.0 Å². The number of rotatable bonds is 7. The molecule has 0 aliphatic carbocycles. The summed E-state index contributed by atoms with van der Waals surface area (Å²) < 4.78 is 66.6. The summed E-state index contributed by atoms with van der Waals surface area (Å²) in [5, 5.41) is 0.819. The van der Waals surface area contributed by atoms with Crippen molar-refractivity contribution in [1.29, 1.82) is 0 Å². The van der Waals surface area contributed by atoms with E-state index in [2.05, 4.69) is 19.4 Å². The molecule has 14 heteroatoms. The van der Waals surface area contributed by atoms with Crippen LogP contribution in [-0.2, 0) is 20.0 Å². The first kappa shape index (κ1) is 26.1. The zero-order chi connectivity index (χ0) is 28.1. The number of anilines is 2. The van der Waals surface area contributed by atoms with Crippen LogP contribution in [0, 0.1) is 0 Å². The quantitative estimate of drug-likeness (QED) is 0.206. The van der Waals surface area contributed by atoms with Crippen LogP contribution >= 0.6 is 23.2 Å². The van der Waals surface area contributed by atoms with Crippen LogP contribution in [-0.4, -0.2) is 26.8 Å². The fourth-order valence-electron chi connectivity index (χ4n) is 3.87. The molecule has 2 aromatic heterocycles. The fraction of sp³-hybridized carbons (Fsp3) is 0. The second-order valence-corrected chi connectivity index (χ2v) is 12.8. The predicted octanol–water partition coefficient (Wildman–Crippen LogP) is 6.54. The van der Waals surface area contributed by atoms with Gasteiger partial charge in [0, 0.05) is 10.0 Å². The van der Waals surface area contributed by atoms with Crippen molar-refractivity contribution in [2.45, 2.75) is 9.79 Å². The van der Waals surface area contributed by atoms with Crippen LogP contribution in [0.3, 0.4) is 0 Å². The van der Waals surface area contributed by atoms with Crippen LogP contribution in [0.5, 0.6) is 0 Å². The SMILES string of the molecule is O=S(=O)(Nc1nc2ccc(-c3ccc4nc(NS(=O)(=O)c5ccc(Cl)cc5)oc4c3)cc2o1)c1ccc(Cl)cc1. The zero-order valence-corrected chi connectivity index (χ0v) is 23.1. The summed E-state index contributed by atoms with van der Waals surface area (Å²) in [4.78, 5) is 8.44. The summed E-state index contributed by atoms with van der Waals surface area (Å²) >= 11 is 11.7. The third-order valence-electron chi connectivity index (χ3n) is 5.80. The summed E-state index contributed by atoms with van der Waals surface area (Å²) in [7, 11) is -7.87. The van der Waals surface area contributed by atoms with Crippen molar-refractivity contribution in [1.82, 2.24) is 9.97 Å². The number of nitrogens with one attached hydrogen (secondary N) is 2. The lowest BCUT2D eigenvalue weighted by atomic mass is 10.1. The van der Waals surface area contributed by atoms with Gasteiger partial charge in [0.2, 0.25) is 0 Å². The Balaban J connectivity index is 1.25. The highest BCUT2D eigenvalue weighted by molar-refractivity contribution is 7.93. The predicted molar refractivity (Wildman–Crippen MR) is 152 cm³/mol. The molecule has 202 valence electrons. The number of sulfonamides is 2. The largest absolute Gasteiger partial charge is 0.423 e. The van der Waals surface area contributed by atoms with Crippen LogP contribution in [0.2, 0.25) is 10.0 Å². The number of aromatic nitrogens is 2. The van der Waals surface area contributed by atoms with Gasteiger partial charge in [-0.3, -0.25) is 0 Å². The summed E-state index contributed by atoms with van der Waals surface area (Å²) in [5.74, 6) is 0. The van der Waals surface area contributed by atoms with E-state index < -0.39 is 20.0 Å². The Bertz CT molecular complexity index is 1960. The third-order valence-corrected chi connectivity index (χ3v) is 8.98. The average molecular weight is 615 g/mol. The molecule has 2 N–H and O–H groups in total. The van der Waals surface area contributed by atoms with Gasteiger partial charge in [-0.2, -0.15) is 9.97 Å². The van der Waals surface area contributed by atoms with Crippen molar-refractivity contribution < 1.29 is 25.7 Å². The summed E-state index contributed by atoms with van der Waals surface area (Å²) in [6.07, 6.45) is 0. The Kier molecular flexibility index (Phi) is 6.42. The Morgan fingerprint density at radius 3 is 1.30 bits per heavy atom. The van der Waals surface area contributed by atoms with E-state index in [9.17, 15) is 16.8 Å². The van der Waals surface area contributed by atoms with Gasteiger partial charge in [-0.05, 0) is 83.9 Å². The van der Waals surface area contributed by atoms with E-state index in [-0.39, 0.29) is 21.8 Å². The lowest BCUT2D eigenvalue weighted by Gasteiger charge is -2.04. The number of hydrogen-bond donors (Lipinski definition) is 2. The first-order valence-corrected chi connectivity index (χ1v) is 15.2. The highest BCUT2D eigenvalue weighted by Gasteiger charge is 2.20. The Morgan fingerprint density at radius 2 is 0.925 bits per heavy atom. The lowest BCUT2D eigenvalue weighted by Crippen LogP contribution is -2.12. The van der Waals surface area contributed by atoms with Gasteiger partial charge in [0.05, 0.1) is 9.79 Å². The normalized spacial score (nSPS) is 12.2. The van der Waals surface area contributed by atoms with E-state index in [4.69, 9.17) is 32.0 Å². The summed E-state index contributed by atoms with van der Waals surface area (Å²) in [5.41, 5.74) is 3.02. The number of hydrogen-bond acceptors (Lipinski definition) is 8. The highest BCUT2D eigenvalue weighted by Crippen LogP contribution is 2.31.